The maximum atomic E-state index is 10.8. The molecule has 0 fully saturated rings. The number of benzene rings is 1. The monoisotopic (exact) mass is 338 g/mol. The average molecular weight is 339 g/mol. The normalized spacial score (nSPS) is 10.2. The van der Waals surface area contributed by atoms with E-state index in [-0.39, 0.29) is 11.3 Å². The molecule has 0 unspecified atom stereocenters. The second-order valence-electron chi connectivity index (χ2n) is 3.51. The van der Waals surface area contributed by atoms with Crippen LogP contribution in [0.1, 0.15) is 10.4 Å². The summed E-state index contributed by atoms with van der Waals surface area (Å²) in [7, 11) is 0. The summed E-state index contributed by atoms with van der Waals surface area (Å²) in [5.41, 5.74) is -0.129. The number of rotatable bonds is 4. The molecule has 19 heavy (non-hydrogen) atoms. The lowest BCUT2D eigenvalue weighted by Gasteiger charge is -2.02. The van der Waals surface area contributed by atoms with Crippen molar-refractivity contribution < 1.29 is 9.72 Å². The first-order valence-electron chi connectivity index (χ1n) is 5.13. The van der Waals surface area contributed by atoms with E-state index in [0.29, 0.717) is 6.29 Å². The van der Waals surface area contributed by atoms with Gasteiger partial charge in [-0.05, 0) is 40.2 Å². The molecule has 0 bridgehead atoms. The molecule has 0 atom stereocenters. The summed E-state index contributed by atoms with van der Waals surface area (Å²) in [5, 5.41) is 11.5. The van der Waals surface area contributed by atoms with Crippen molar-refractivity contribution in [2.45, 2.75) is 9.92 Å². The SMILES string of the molecule is O=Cc1cc(Sc2ccc(Br)cn2)ccc1[N+](=O)[O-]. The zero-order chi connectivity index (χ0) is 13.8. The highest BCUT2D eigenvalue weighted by Gasteiger charge is 2.13. The molecule has 0 aliphatic rings. The van der Waals surface area contributed by atoms with Crippen LogP contribution in [0.4, 0.5) is 5.69 Å². The van der Waals surface area contributed by atoms with Crippen LogP contribution >= 0.6 is 27.7 Å². The summed E-state index contributed by atoms with van der Waals surface area (Å²) in [5.74, 6) is 0. The maximum absolute atomic E-state index is 10.8. The van der Waals surface area contributed by atoms with Crippen LogP contribution in [0, 0.1) is 10.1 Å². The molecule has 96 valence electrons. The van der Waals surface area contributed by atoms with Crippen LogP contribution in [0.25, 0.3) is 0 Å². The molecule has 0 aliphatic heterocycles. The van der Waals surface area contributed by atoms with Crippen molar-refractivity contribution in [2.75, 3.05) is 0 Å². The molecule has 0 saturated heterocycles. The van der Waals surface area contributed by atoms with E-state index in [2.05, 4.69) is 20.9 Å². The first-order valence-corrected chi connectivity index (χ1v) is 6.74. The molecule has 1 heterocycles. The van der Waals surface area contributed by atoms with Crippen molar-refractivity contribution in [1.82, 2.24) is 4.98 Å². The van der Waals surface area contributed by atoms with Crippen LogP contribution in [0.5, 0.6) is 0 Å². The van der Waals surface area contributed by atoms with Crippen molar-refractivity contribution in [3.8, 4) is 0 Å². The smallest absolute Gasteiger partial charge is 0.279 e. The number of nitrogens with zero attached hydrogens (tertiary/aromatic N) is 2. The van der Waals surface area contributed by atoms with E-state index < -0.39 is 4.92 Å². The second-order valence-corrected chi connectivity index (χ2v) is 5.52. The van der Waals surface area contributed by atoms with E-state index >= 15 is 0 Å². The Morgan fingerprint density at radius 1 is 1.32 bits per heavy atom. The third-order valence-corrected chi connectivity index (χ3v) is 3.65. The number of hydrogen-bond acceptors (Lipinski definition) is 5. The van der Waals surface area contributed by atoms with Gasteiger partial charge in [-0.15, -0.1) is 0 Å². The molecule has 0 N–H and O–H groups in total. The number of halogens is 1. The second kappa shape index (κ2) is 5.94. The number of carbonyl (C=O) groups excluding carboxylic acids is 1. The van der Waals surface area contributed by atoms with E-state index in [0.717, 1.165) is 14.4 Å². The molecule has 0 aliphatic carbocycles. The number of aromatic nitrogens is 1. The van der Waals surface area contributed by atoms with Gasteiger partial charge in [-0.1, -0.05) is 11.8 Å². The fraction of sp³-hybridized carbons (Fsp3) is 0. The maximum Gasteiger partial charge on any atom is 0.279 e. The van der Waals surface area contributed by atoms with Crippen molar-refractivity contribution in [2.24, 2.45) is 0 Å². The van der Waals surface area contributed by atoms with Gasteiger partial charge in [0.15, 0.2) is 6.29 Å². The summed E-state index contributed by atoms with van der Waals surface area (Å²) in [4.78, 5) is 25.9. The van der Waals surface area contributed by atoms with Crippen molar-refractivity contribution in [1.29, 1.82) is 0 Å². The number of carbonyl (C=O) groups is 1. The molecule has 0 spiro atoms. The van der Waals surface area contributed by atoms with E-state index in [1.807, 2.05) is 12.1 Å². The van der Waals surface area contributed by atoms with Crippen LogP contribution in [-0.2, 0) is 0 Å². The fourth-order valence-corrected chi connectivity index (χ4v) is 2.44. The minimum atomic E-state index is -0.573. The topological polar surface area (TPSA) is 73.1 Å². The molecule has 0 amide bonds. The highest BCUT2D eigenvalue weighted by Crippen LogP contribution is 2.30. The molecule has 0 radical (unpaired) electrons. The largest absolute Gasteiger partial charge is 0.298 e. The number of pyridine rings is 1. The first-order chi connectivity index (χ1) is 9.10. The van der Waals surface area contributed by atoms with Crippen LogP contribution < -0.4 is 0 Å². The van der Waals surface area contributed by atoms with E-state index in [1.165, 1.54) is 23.9 Å². The quantitative estimate of drug-likeness (QED) is 0.482. The number of hydrogen-bond donors (Lipinski definition) is 0. The number of aldehydes is 1. The Labute approximate surface area is 121 Å². The van der Waals surface area contributed by atoms with Crippen LogP contribution in [-0.4, -0.2) is 16.2 Å². The Kier molecular flexibility index (Phi) is 4.28. The van der Waals surface area contributed by atoms with E-state index in [4.69, 9.17) is 0 Å². The lowest BCUT2D eigenvalue weighted by atomic mass is 10.2. The van der Waals surface area contributed by atoms with Gasteiger partial charge in [0.05, 0.1) is 10.5 Å². The molecule has 0 saturated carbocycles. The van der Waals surface area contributed by atoms with Gasteiger partial charge >= 0.3 is 0 Å². The van der Waals surface area contributed by atoms with Gasteiger partial charge in [0.1, 0.15) is 5.03 Å². The summed E-state index contributed by atoms with van der Waals surface area (Å²) in [6, 6.07) is 8.07. The zero-order valence-corrected chi connectivity index (χ0v) is 11.8. The average Bonchev–Trinajstić information content (AvgIpc) is 2.41. The number of nitro groups is 1. The van der Waals surface area contributed by atoms with Gasteiger partial charge in [-0.2, -0.15) is 0 Å². The highest BCUT2D eigenvalue weighted by molar-refractivity contribution is 9.10. The lowest BCUT2D eigenvalue weighted by Crippen LogP contribution is -1.94. The minimum Gasteiger partial charge on any atom is -0.298 e. The number of nitro benzene ring substituents is 1. The molecule has 1 aromatic heterocycles. The third kappa shape index (κ3) is 3.39. The fourth-order valence-electron chi connectivity index (χ4n) is 1.40. The van der Waals surface area contributed by atoms with Gasteiger partial charge in [-0.3, -0.25) is 14.9 Å². The van der Waals surface area contributed by atoms with Crippen LogP contribution in [0.2, 0.25) is 0 Å². The summed E-state index contributed by atoms with van der Waals surface area (Å²) >= 11 is 4.62. The highest BCUT2D eigenvalue weighted by atomic mass is 79.9. The standard InChI is InChI=1S/C12H7BrN2O3S/c13-9-1-4-12(14-6-9)19-10-2-3-11(15(17)18)8(5-10)7-16/h1-7H. The molecular weight excluding hydrogens is 332 g/mol. The predicted molar refractivity (Wildman–Crippen MR) is 74.5 cm³/mol. The first kappa shape index (κ1) is 13.7. The third-order valence-electron chi connectivity index (χ3n) is 2.25. The Morgan fingerprint density at radius 2 is 2.11 bits per heavy atom. The molecule has 1 aromatic carbocycles. The molecular formula is C12H7BrN2O3S. The van der Waals surface area contributed by atoms with Gasteiger partial charge < -0.3 is 0 Å². The summed E-state index contributed by atoms with van der Waals surface area (Å²) in [6.07, 6.45) is 2.14. The Bertz CT molecular complexity index is 631. The van der Waals surface area contributed by atoms with Crippen molar-refractivity contribution in [3.63, 3.8) is 0 Å². The van der Waals surface area contributed by atoms with Crippen molar-refractivity contribution in [3.05, 3.63) is 56.7 Å². The molecule has 7 heteroatoms. The Morgan fingerprint density at radius 3 is 2.68 bits per heavy atom. The summed E-state index contributed by atoms with van der Waals surface area (Å²) in [6.45, 7) is 0. The van der Waals surface area contributed by atoms with E-state index in [9.17, 15) is 14.9 Å². The van der Waals surface area contributed by atoms with Gasteiger partial charge in [0.2, 0.25) is 0 Å². The molecule has 2 aromatic rings. The predicted octanol–water partition coefficient (Wildman–Crippen LogP) is 3.72. The lowest BCUT2D eigenvalue weighted by molar-refractivity contribution is -0.385. The van der Waals surface area contributed by atoms with Gasteiger partial charge in [-0.25, -0.2) is 4.98 Å². The Balaban J connectivity index is 2.29. The van der Waals surface area contributed by atoms with Crippen molar-refractivity contribution >= 4 is 39.7 Å². The Hall–Kier alpha value is -1.73. The molecule has 5 nitrogen and oxygen atoms in total. The van der Waals surface area contributed by atoms with Crippen LogP contribution in [0.3, 0.4) is 0 Å². The van der Waals surface area contributed by atoms with Gasteiger partial charge in [0.25, 0.3) is 5.69 Å². The molecule has 2 rings (SSSR count). The minimum absolute atomic E-state index is 0.0621. The van der Waals surface area contributed by atoms with Gasteiger partial charge in [0, 0.05) is 21.6 Å². The zero-order valence-electron chi connectivity index (χ0n) is 9.45. The van der Waals surface area contributed by atoms with Crippen LogP contribution in [0.15, 0.2) is 50.9 Å². The van der Waals surface area contributed by atoms with E-state index in [1.54, 1.807) is 12.3 Å². The summed E-state index contributed by atoms with van der Waals surface area (Å²) < 4.78 is 0.870.